The standard InChI is InChI=1S/C25H29N3O4/c1-17(2)11-26-25(29)21-15-30-24(27-21)14-28(12-19-6-4-18(3)5-7-19)13-20-8-9-22-23(10-20)32-16-31-22/h4-10,15,17H,11-14,16H2,1-3H3,(H,26,29). The molecule has 0 radical (unpaired) electrons. The van der Waals surface area contributed by atoms with Gasteiger partial charge in [-0.15, -0.1) is 0 Å². The van der Waals surface area contributed by atoms with Crippen LogP contribution < -0.4 is 14.8 Å². The molecule has 0 fully saturated rings. The molecule has 1 amide bonds. The lowest BCUT2D eigenvalue weighted by Gasteiger charge is -2.21. The van der Waals surface area contributed by atoms with Gasteiger partial charge >= 0.3 is 0 Å². The van der Waals surface area contributed by atoms with Crippen LogP contribution in [0.4, 0.5) is 0 Å². The molecule has 1 N–H and O–H groups in total. The van der Waals surface area contributed by atoms with Crippen molar-refractivity contribution in [1.29, 1.82) is 0 Å². The fourth-order valence-corrected chi connectivity index (χ4v) is 3.48. The number of carbonyl (C=O) groups is 1. The second-order valence-electron chi connectivity index (χ2n) is 8.55. The zero-order valence-electron chi connectivity index (χ0n) is 18.8. The quantitative estimate of drug-likeness (QED) is 0.540. The summed E-state index contributed by atoms with van der Waals surface area (Å²) in [6.07, 6.45) is 1.43. The number of benzene rings is 2. The largest absolute Gasteiger partial charge is 0.454 e. The first kappa shape index (κ1) is 21.9. The summed E-state index contributed by atoms with van der Waals surface area (Å²) >= 11 is 0. The molecule has 0 saturated carbocycles. The van der Waals surface area contributed by atoms with E-state index in [0.29, 0.717) is 43.7 Å². The molecule has 2 aromatic carbocycles. The van der Waals surface area contributed by atoms with Crippen LogP contribution in [0.3, 0.4) is 0 Å². The topological polar surface area (TPSA) is 76.8 Å². The highest BCUT2D eigenvalue weighted by Gasteiger charge is 2.18. The van der Waals surface area contributed by atoms with Crippen molar-refractivity contribution in [2.75, 3.05) is 13.3 Å². The number of oxazole rings is 1. The molecule has 0 aliphatic carbocycles. The van der Waals surface area contributed by atoms with Crippen molar-refractivity contribution in [3.05, 3.63) is 77.0 Å². The highest BCUT2D eigenvalue weighted by Crippen LogP contribution is 2.33. The highest BCUT2D eigenvalue weighted by atomic mass is 16.7. The van der Waals surface area contributed by atoms with E-state index < -0.39 is 0 Å². The number of nitrogens with zero attached hydrogens (tertiary/aromatic N) is 2. The first-order valence-electron chi connectivity index (χ1n) is 10.9. The first-order chi connectivity index (χ1) is 15.5. The maximum absolute atomic E-state index is 12.3. The number of hydrogen-bond donors (Lipinski definition) is 1. The Morgan fingerprint density at radius 1 is 1.03 bits per heavy atom. The molecule has 1 aliphatic heterocycles. The fourth-order valence-electron chi connectivity index (χ4n) is 3.48. The third kappa shape index (κ3) is 5.68. The van der Waals surface area contributed by atoms with Crippen LogP contribution in [0.15, 0.2) is 53.1 Å². The summed E-state index contributed by atoms with van der Waals surface area (Å²) in [6, 6.07) is 14.4. The molecule has 0 saturated heterocycles. The van der Waals surface area contributed by atoms with Crippen LogP contribution in [0.2, 0.25) is 0 Å². The van der Waals surface area contributed by atoms with E-state index in [1.54, 1.807) is 0 Å². The third-order valence-electron chi connectivity index (χ3n) is 5.18. The van der Waals surface area contributed by atoms with Gasteiger partial charge in [0.1, 0.15) is 6.26 Å². The number of aromatic nitrogens is 1. The predicted octanol–water partition coefficient (Wildman–Crippen LogP) is 4.30. The lowest BCUT2D eigenvalue weighted by Crippen LogP contribution is -2.27. The molecule has 1 aliphatic rings. The molecular weight excluding hydrogens is 406 g/mol. The van der Waals surface area contributed by atoms with Gasteiger partial charge in [0.05, 0.1) is 6.54 Å². The molecule has 0 bridgehead atoms. The summed E-state index contributed by atoms with van der Waals surface area (Å²) in [4.78, 5) is 18.9. The van der Waals surface area contributed by atoms with Crippen LogP contribution in [0.1, 0.15) is 46.9 Å². The van der Waals surface area contributed by atoms with Gasteiger partial charge in [0.25, 0.3) is 5.91 Å². The number of amides is 1. The number of ether oxygens (including phenoxy) is 2. The van der Waals surface area contributed by atoms with E-state index in [2.05, 4.69) is 46.4 Å². The predicted molar refractivity (Wildman–Crippen MR) is 120 cm³/mol. The van der Waals surface area contributed by atoms with Gasteiger partial charge < -0.3 is 19.2 Å². The fraction of sp³-hybridized carbons (Fsp3) is 0.360. The van der Waals surface area contributed by atoms with Crippen LogP contribution in [-0.4, -0.2) is 29.1 Å². The molecule has 0 unspecified atom stereocenters. The van der Waals surface area contributed by atoms with Crippen molar-refractivity contribution in [1.82, 2.24) is 15.2 Å². The van der Waals surface area contributed by atoms with E-state index >= 15 is 0 Å². The van der Waals surface area contributed by atoms with E-state index in [1.165, 1.54) is 17.4 Å². The Labute approximate surface area is 188 Å². The van der Waals surface area contributed by atoms with E-state index in [4.69, 9.17) is 13.9 Å². The maximum atomic E-state index is 12.3. The lowest BCUT2D eigenvalue weighted by molar-refractivity contribution is 0.0944. The average molecular weight is 436 g/mol. The van der Waals surface area contributed by atoms with Gasteiger partial charge in [-0.3, -0.25) is 9.69 Å². The lowest BCUT2D eigenvalue weighted by atomic mass is 10.1. The number of aryl methyl sites for hydroxylation is 1. The minimum Gasteiger partial charge on any atom is -0.454 e. The zero-order valence-corrected chi connectivity index (χ0v) is 18.8. The molecule has 1 aromatic heterocycles. The Morgan fingerprint density at radius 3 is 2.53 bits per heavy atom. The number of rotatable bonds is 9. The monoisotopic (exact) mass is 435 g/mol. The van der Waals surface area contributed by atoms with Crippen LogP contribution in [-0.2, 0) is 19.6 Å². The Hall–Kier alpha value is -3.32. The summed E-state index contributed by atoms with van der Waals surface area (Å²) in [5.74, 6) is 2.20. The Morgan fingerprint density at radius 2 is 1.75 bits per heavy atom. The molecule has 3 aromatic rings. The van der Waals surface area contributed by atoms with E-state index in [1.807, 2.05) is 32.0 Å². The van der Waals surface area contributed by atoms with Gasteiger partial charge in [-0.2, -0.15) is 0 Å². The van der Waals surface area contributed by atoms with Crippen molar-refractivity contribution in [2.45, 2.75) is 40.4 Å². The van der Waals surface area contributed by atoms with Crippen molar-refractivity contribution in [2.24, 2.45) is 5.92 Å². The van der Waals surface area contributed by atoms with Crippen LogP contribution in [0.5, 0.6) is 11.5 Å². The summed E-state index contributed by atoms with van der Waals surface area (Å²) < 4.78 is 16.6. The molecule has 4 rings (SSSR count). The molecule has 168 valence electrons. The normalized spacial score (nSPS) is 12.5. The minimum atomic E-state index is -0.213. The summed E-state index contributed by atoms with van der Waals surface area (Å²) in [5.41, 5.74) is 3.82. The summed E-state index contributed by atoms with van der Waals surface area (Å²) in [5, 5.41) is 2.87. The second-order valence-corrected chi connectivity index (χ2v) is 8.55. The molecule has 2 heterocycles. The van der Waals surface area contributed by atoms with Gasteiger partial charge in [0, 0.05) is 19.6 Å². The SMILES string of the molecule is Cc1ccc(CN(Cc2ccc3c(c2)OCO3)Cc2nc(C(=O)NCC(C)C)co2)cc1. The van der Waals surface area contributed by atoms with Gasteiger partial charge in [0.2, 0.25) is 12.7 Å². The highest BCUT2D eigenvalue weighted by molar-refractivity contribution is 5.91. The molecule has 0 spiro atoms. The number of carbonyl (C=O) groups excluding carboxylic acids is 1. The maximum Gasteiger partial charge on any atom is 0.273 e. The van der Waals surface area contributed by atoms with E-state index in [9.17, 15) is 4.79 Å². The van der Waals surface area contributed by atoms with Crippen molar-refractivity contribution in [3.8, 4) is 11.5 Å². The second kappa shape index (κ2) is 9.87. The van der Waals surface area contributed by atoms with Gasteiger partial charge in [0.15, 0.2) is 17.2 Å². The van der Waals surface area contributed by atoms with Crippen molar-refractivity contribution >= 4 is 5.91 Å². The Balaban J connectivity index is 1.48. The summed E-state index contributed by atoms with van der Waals surface area (Å²) in [6.45, 7) is 8.88. The minimum absolute atomic E-state index is 0.213. The molecule has 0 atom stereocenters. The van der Waals surface area contributed by atoms with Crippen molar-refractivity contribution in [3.63, 3.8) is 0 Å². The van der Waals surface area contributed by atoms with Gasteiger partial charge in [-0.25, -0.2) is 4.98 Å². The first-order valence-corrected chi connectivity index (χ1v) is 10.9. The van der Waals surface area contributed by atoms with E-state index in [0.717, 1.165) is 17.1 Å². The van der Waals surface area contributed by atoms with Crippen LogP contribution >= 0.6 is 0 Å². The molecule has 7 heteroatoms. The number of fused-ring (bicyclic) bond motifs is 1. The van der Waals surface area contributed by atoms with Crippen molar-refractivity contribution < 1.29 is 18.7 Å². The van der Waals surface area contributed by atoms with Crippen LogP contribution in [0.25, 0.3) is 0 Å². The molecule has 32 heavy (non-hydrogen) atoms. The number of hydrogen-bond acceptors (Lipinski definition) is 6. The van der Waals surface area contributed by atoms with E-state index in [-0.39, 0.29) is 12.7 Å². The average Bonchev–Trinajstić information content (AvgIpc) is 3.43. The van der Waals surface area contributed by atoms with Gasteiger partial charge in [-0.05, 0) is 36.1 Å². The van der Waals surface area contributed by atoms with Gasteiger partial charge in [-0.1, -0.05) is 49.7 Å². The Kier molecular flexibility index (Phi) is 6.75. The molecular formula is C25H29N3O4. The third-order valence-corrected chi connectivity index (χ3v) is 5.18. The Bertz CT molecular complexity index is 1060. The number of nitrogens with one attached hydrogen (secondary N) is 1. The summed E-state index contributed by atoms with van der Waals surface area (Å²) in [7, 11) is 0. The zero-order chi connectivity index (χ0) is 22.5. The smallest absolute Gasteiger partial charge is 0.273 e. The van der Waals surface area contributed by atoms with Crippen LogP contribution in [0, 0.1) is 12.8 Å². The molecule has 7 nitrogen and oxygen atoms in total.